The minimum Gasteiger partial charge on any atom is -0.365 e. The van der Waals surface area contributed by atoms with Gasteiger partial charge in [0, 0.05) is 39.6 Å². The zero-order valence-electron chi connectivity index (χ0n) is 13.1. The minimum atomic E-state index is 0.113. The Morgan fingerprint density at radius 3 is 2.61 bits per heavy atom. The zero-order valence-corrected chi connectivity index (χ0v) is 13.1. The van der Waals surface area contributed by atoms with Crippen molar-refractivity contribution in [2.24, 2.45) is 0 Å². The number of hydrogen-bond acceptors (Lipinski definition) is 6. The van der Waals surface area contributed by atoms with Crippen LogP contribution in [-0.4, -0.2) is 52.2 Å². The summed E-state index contributed by atoms with van der Waals surface area (Å²) in [6.45, 7) is 5.13. The van der Waals surface area contributed by atoms with Gasteiger partial charge in [-0.2, -0.15) is 10.1 Å². The second kappa shape index (κ2) is 7.04. The first-order valence-electron chi connectivity index (χ1n) is 7.70. The lowest BCUT2D eigenvalue weighted by Crippen LogP contribution is -2.48. The fourth-order valence-corrected chi connectivity index (χ4v) is 2.52. The molecule has 0 atom stereocenters. The monoisotopic (exact) mass is 312 g/mol. The molecule has 3 rings (SSSR count). The van der Waals surface area contributed by atoms with Crippen molar-refractivity contribution in [2.45, 2.75) is 13.5 Å². The van der Waals surface area contributed by atoms with Gasteiger partial charge in [-0.1, -0.05) is 30.3 Å². The van der Waals surface area contributed by atoms with Crippen molar-refractivity contribution in [1.82, 2.24) is 20.1 Å². The van der Waals surface area contributed by atoms with E-state index < -0.39 is 0 Å². The molecule has 1 fully saturated rings. The van der Waals surface area contributed by atoms with Gasteiger partial charge in [0.15, 0.2) is 5.82 Å². The second-order valence-electron chi connectivity index (χ2n) is 5.47. The van der Waals surface area contributed by atoms with E-state index in [-0.39, 0.29) is 5.91 Å². The summed E-state index contributed by atoms with van der Waals surface area (Å²) in [5.74, 6) is 1.42. The van der Waals surface area contributed by atoms with Gasteiger partial charge in [-0.3, -0.25) is 4.79 Å². The number of nitrogens with one attached hydrogen (secondary N) is 1. The molecule has 1 aliphatic heterocycles. The van der Waals surface area contributed by atoms with Crippen LogP contribution in [0.25, 0.3) is 0 Å². The zero-order chi connectivity index (χ0) is 16.1. The number of hydrogen-bond donors (Lipinski definition) is 1. The standard InChI is InChI=1S/C16H20N6O/c1-13(23)21-7-9-22(10-8-21)16-19-15(12-18-20-16)17-11-14-5-3-2-4-6-14/h2-6,12H,7-11H2,1H3,(H,17,19,20). The Balaban J connectivity index is 1.60. The van der Waals surface area contributed by atoms with Gasteiger partial charge in [0.05, 0.1) is 6.20 Å². The number of amides is 1. The molecule has 23 heavy (non-hydrogen) atoms. The Kier molecular flexibility index (Phi) is 4.65. The van der Waals surface area contributed by atoms with Crippen LogP contribution in [0, 0.1) is 0 Å². The number of piperazine rings is 1. The molecule has 0 spiro atoms. The van der Waals surface area contributed by atoms with E-state index in [9.17, 15) is 4.79 Å². The Labute approximate surface area is 135 Å². The highest BCUT2D eigenvalue weighted by atomic mass is 16.2. The van der Waals surface area contributed by atoms with E-state index in [0.717, 1.165) is 13.1 Å². The minimum absolute atomic E-state index is 0.113. The van der Waals surface area contributed by atoms with Gasteiger partial charge >= 0.3 is 0 Å². The molecule has 0 bridgehead atoms. The van der Waals surface area contributed by atoms with Crippen LogP contribution in [0.15, 0.2) is 36.5 Å². The lowest BCUT2D eigenvalue weighted by atomic mass is 10.2. The maximum atomic E-state index is 11.4. The van der Waals surface area contributed by atoms with Crippen molar-refractivity contribution in [3.05, 3.63) is 42.1 Å². The normalized spacial score (nSPS) is 14.7. The number of carbonyl (C=O) groups is 1. The van der Waals surface area contributed by atoms with Gasteiger partial charge < -0.3 is 15.1 Å². The summed E-state index contributed by atoms with van der Waals surface area (Å²) in [4.78, 5) is 19.8. The highest BCUT2D eigenvalue weighted by molar-refractivity contribution is 5.73. The molecular weight excluding hydrogens is 292 g/mol. The number of aromatic nitrogens is 3. The average Bonchev–Trinajstić information content (AvgIpc) is 2.61. The predicted molar refractivity (Wildman–Crippen MR) is 88.1 cm³/mol. The molecule has 1 aromatic carbocycles. The van der Waals surface area contributed by atoms with Crippen molar-refractivity contribution in [2.75, 3.05) is 36.4 Å². The fraction of sp³-hybridized carbons (Fsp3) is 0.375. The van der Waals surface area contributed by atoms with Crippen molar-refractivity contribution >= 4 is 17.7 Å². The maximum absolute atomic E-state index is 11.4. The van der Waals surface area contributed by atoms with E-state index in [1.807, 2.05) is 23.1 Å². The maximum Gasteiger partial charge on any atom is 0.247 e. The smallest absolute Gasteiger partial charge is 0.247 e. The number of carbonyl (C=O) groups excluding carboxylic acids is 1. The average molecular weight is 312 g/mol. The molecular formula is C16H20N6O. The van der Waals surface area contributed by atoms with E-state index in [4.69, 9.17) is 0 Å². The SMILES string of the molecule is CC(=O)N1CCN(c2nncc(NCc3ccccc3)n2)CC1. The Hall–Kier alpha value is -2.70. The van der Waals surface area contributed by atoms with E-state index in [1.54, 1.807) is 13.1 Å². The van der Waals surface area contributed by atoms with E-state index >= 15 is 0 Å². The van der Waals surface area contributed by atoms with Crippen molar-refractivity contribution in [1.29, 1.82) is 0 Å². The summed E-state index contributed by atoms with van der Waals surface area (Å²) in [7, 11) is 0. The lowest BCUT2D eigenvalue weighted by molar-refractivity contribution is -0.129. The summed E-state index contributed by atoms with van der Waals surface area (Å²) in [6, 6.07) is 10.1. The van der Waals surface area contributed by atoms with Gasteiger partial charge in [0.25, 0.3) is 0 Å². The summed E-state index contributed by atoms with van der Waals surface area (Å²) in [5, 5.41) is 11.4. The van der Waals surface area contributed by atoms with Crippen LogP contribution in [0.1, 0.15) is 12.5 Å². The molecule has 1 aliphatic rings. The van der Waals surface area contributed by atoms with Gasteiger partial charge in [-0.15, -0.1) is 5.10 Å². The molecule has 1 N–H and O–H groups in total. The highest BCUT2D eigenvalue weighted by Crippen LogP contribution is 2.13. The largest absolute Gasteiger partial charge is 0.365 e. The molecule has 0 radical (unpaired) electrons. The van der Waals surface area contributed by atoms with E-state index in [0.29, 0.717) is 31.4 Å². The third-order valence-corrected chi connectivity index (χ3v) is 3.87. The summed E-state index contributed by atoms with van der Waals surface area (Å²) >= 11 is 0. The lowest BCUT2D eigenvalue weighted by Gasteiger charge is -2.33. The molecule has 1 amide bonds. The van der Waals surface area contributed by atoms with Crippen LogP contribution >= 0.6 is 0 Å². The van der Waals surface area contributed by atoms with Gasteiger partial charge in [-0.25, -0.2) is 0 Å². The van der Waals surface area contributed by atoms with Crippen molar-refractivity contribution in [3.8, 4) is 0 Å². The van der Waals surface area contributed by atoms with Crippen LogP contribution in [0.4, 0.5) is 11.8 Å². The summed E-state index contributed by atoms with van der Waals surface area (Å²) < 4.78 is 0. The highest BCUT2D eigenvalue weighted by Gasteiger charge is 2.20. The van der Waals surface area contributed by atoms with Gasteiger partial charge in [-0.05, 0) is 5.56 Å². The second-order valence-corrected chi connectivity index (χ2v) is 5.47. The third kappa shape index (κ3) is 3.94. The van der Waals surface area contributed by atoms with E-state index in [2.05, 4.69) is 37.5 Å². The Morgan fingerprint density at radius 2 is 1.91 bits per heavy atom. The number of anilines is 2. The van der Waals surface area contributed by atoms with Crippen LogP contribution in [0.2, 0.25) is 0 Å². The molecule has 2 aromatic rings. The fourth-order valence-electron chi connectivity index (χ4n) is 2.52. The number of nitrogens with zero attached hydrogens (tertiary/aromatic N) is 5. The first-order valence-corrected chi connectivity index (χ1v) is 7.70. The van der Waals surface area contributed by atoms with Gasteiger partial charge in [0.1, 0.15) is 0 Å². The molecule has 7 heteroatoms. The topological polar surface area (TPSA) is 74.2 Å². The summed E-state index contributed by atoms with van der Waals surface area (Å²) in [5.41, 5.74) is 1.18. The molecule has 1 aromatic heterocycles. The molecule has 2 heterocycles. The van der Waals surface area contributed by atoms with Crippen LogP contribution in [0.3, 0.4) is 0 Å². The Bertz CT molecular complexity index is 655. The molecule has 7 nitrogen and oxygen atoms in total. The third-order valence-electron chi connectivity index (χ3n) is 3.87. The molecule has 0 saturated carbocycles. The predicted octanol–water partition coefficient (Wildman–Crippen LogP) is 1.15. The van der Waals surface area contributed by atoms with Crippen LogP contribution < -0.4 is 10.2 Å². The Morgan fingerprint density at radius 1 is 1.17 bits per heavy atom. The molecule has 0 aliphatic carbocycles. The van der Waals surface area contributed by atoms with Crippen molar-refractivity contribution < 1.29 is 4.79 Å². The molecule has 1 saturated heterocycles. The van der Waals surface area contributed by atoms with Crippen LogP contribution in [0.5, 0.6) is 0 Å². The quantitative estimate of drug-likeness (QED) is 0.913. The first kappa shape index (κ1) is 15.2. The first-order chi connectivity index (χ1) is 11.2. The van der Waals surface area contributed by atoms with Crippen molar-refractivity contribution in [3.63, 3.8) is 0 Å². The number of rotatable bonds is 4. The number of benzene rings is 1. The summed E-state index contributed by atoms with van der Waals surface area (Å²) in [6.07, 6.45) is 1.62. The van der Waals surface area contributed by atoms with Crippen LogP contribution in [-0.2, 0) is 11.3 Å². The van der Waals surface area contributed by atoms with E-state index in [1.165, 1.54) is 5.56 Å². The van der Waals surface area contributed by atoms with Gasteiger partial charge in [0.2, 0.25) is 11.9 Å². The molecule has 0 unspecified atom stereocenters. The molecule has 120 valence electrons.